The highest BCUT2D eigenvalue weighted by Gasteiger charge is 2.33. The Kier molecular flexibility index (Phi) is 5.29. The van der Waals surface area contributed by atoms with Crippen LogP contribution in [-0.4, -0.2) is 41.8 Å². The van der Waals surface area contributed by atoms with Crippen LogP contribution in [0.5, 0.6) is 0 Å². The van der Waals surface area contributed by atoms with Gasteiger partial charge in [-0.25, -0.2) is 9.18 Å². The molecule has 2 heterocycles. The van der Waals surface area contributed by atoms with Crippen LogP contribution in [0, 0.1) is 18.7 Å². The molecule has 6 nitrogen and oxygen atoms in total. The number of hydrogen-bond acceptors (Lipinski definition) is 4. The minimum absolute atomic E-state index is 0.0754. The van der Waals surface area contributed by atoms with Crippen LogP contribution in [0.4, 0.5) is 10.1 Å². The predicted octanol–water partition coefficient (Wildman–Crippen LogP) is 3.57. The minimum Gasteiger partial charge on any atom is -0.477 e. The molecule has 1 aliphatic carbocycles. The summed E-state index contributed by atoms with van der Waals surface area (Å²) in [5.74, 6) is -1.44. The number of fused-ring (bicyclic) bond motifs is 1. The largest absolute Gasteiger partial charge is 0.477 e. The van der Waals surface area contributed by atoms with Crippen molar-refractivity contribution < 1.29 is 14.3 Å². The zero-order valence-electron chi connectivity index (χ0n) is 16.6. The van der Waals surface area contributed by atoms with Crippen LogP contribution in [0.25, 0.3) is 10.9 Å². The van der Waals surface area contributed by atoms with Crippen LogP contribution >= 0.6 is 11.6 Å². The summed E-state index contributed by atoms with van der Waals surface area (Å²) in [7, 11) is 0. The second-order valence-corrected chi connectivity index (χ2v) is 8.43. The van der Waals surface area contributed by atoms with Crippen molar-refractivity contribution in [2.24, 2.45) is 5.92 Å². The normalized spacial score (nSPS) is 19.3. The molecule has 0 bridgehead atoms. The molecule has 1 aromatic carbocycles. The molecular formula is C21H25ClFN3O3. The molecule has 1 saturated heterocycles. The van der Waals surface area contributed by atoms with Gasteiger partial charge in [-0.05, 0) is 45.2 Å². The van der Waals surface area contributed by atoms with Gasteiger partial charge in [0, 0.05) is 30.9 Å². The molecule has 1 aliphatic heterocycles. The molecule has 2 fully saturated rings. The third kappa shape index (κ3) is 3.40. The van der Waals surface area contributed by atoms with Crippen molar-refractivity contribution in [2.75, 3.05) is 31.1 Å². The third-order valence-electron chi connectivity index (χ3n) is 6.02. The van der Waals surface area contributed by atoms with E-state index < -0.39 is 17.2 Å². The number of pyridine rings is 1. The number of rotatable bonds is 6. The van der Waals surface area contributed by atoms with Crippen molar-refractivity contribution in [2.45, 2.75) is 39.2 Å². The van der Waals surface area contributed by atoms with Gasteiger partial charge in [0.05, 0.1) is 21.6 Å². The summed E-state index contributed by atoms with van der Waals surface area (Å²) in [6.07, 6.45) is 4.07. The number of halogens is 2. The number of anilines is 1. The van der Waals surface area contributed by atoms with Gasteiger partial charge in [-0.3, -0.25) is 4.79 Å². The Morgan fingerprint density at radius 2 is 2.10 bits per heavy atom. The van der Waals surface area contributed by atoms with Crippen molar-refractivity contribution in [3.63, 3.8) is 0 Å². The van der Waals surface area contributed by atoms with Gasteiger partial charge in [0.15, 0.2) is 5.82 Å². The van der Waals surface area contributed by atoms with E-state index in [1.807, 2.05) is 4.90 Å². The van der Waals surface area contributed by atoms with E-state index in [4.69, 9.17) is 11.6 Å². The number of aromatic nitrogens is 1. The summed E-state index contributed by atoms with van der Waals surface area (Å²) in [6.45, 7) is 6.73. The summed E-state index contributed by atoms with van der Waals surface area (Å²) in [6, 6.07) is 0.0893. The van der Waals surface area contributed by atoms with Crippen molar-refractivity contribution in [3.8, 4) is 0 Å². The highest BCUT2D eigenvalue weighted by Crippen LogP contribution is 2.44. The van der Waals surface area contributed by atoms with Crippen molar-refractivity contribution in [1.82, 2.24) is 9.88 Å². The lowest BCUT2D eigenvalue weighted by molar-refractivity contribution is 0.0695. The monoisotopic (exact) mass is 421 g/mol. The smallest absolute Gasteiger partial charge is 0.341 e. The molecule has 2 N–H and O–H groups in total. The average molecular weight is 422 g/mol. The fraction of sp³-hybridized carbons (Fsp3) is 0.524. The first-order valence-corrected chi connectivity index (χ1v) is 10.5. The van der Waals surface area contributed by atoms with Crippen LogP contribution in [0.2, 0.25) is 5.02 Å². The van der Waals surface area contributed by atoms with Gasteiger partial charge in [0.1, 0.15) is 5.56 Å². The molecular weight excluding hydrogens is 397 g/mol. The van der Waals surface area contributed by atoms with E-state index in [2.05, 4.69) is 12.2 Å². The van der Waals surface area contributed by atoms with Crippen molar-refractivity contribution in [1.29, 1.82) is 0 Å². The molecule has 0 radical (unpaired) electrons. The Balaban J connectivity index is 1.90. The Hall–Kier alpha value is -2.12. The second-order valence-electron chi connectivity index (χ2n) is 8.05. The maximum atomic E-state index is 15.4. The molecule has 29 heavy (non-hydrogen) atoms. The van der Waals surface area contributed by atoms with E-state index >= 15 is 4.39 Å². The van der Waals surface area contributed by atoms with Crippen molar-refractivity contribution in [3.05, 3.63) is 38.4 Å². The molecule has 2 aromatic rings. The molecule has 156 valence electrons. The SMILES string of the molecule is CCNCC1CCN(c2c(F)c(C)c3c(=O)c(C(=O)O)cn(C4CC4)c3c2Cl)C1. The number of aromatic carboxylic acids is 1. The fourth-order valence-corrected chi connectivity index (χ4v) is 4.72. The summed E-state index contributed by atoms with van der Waals surface area (Å²) in [4.78, 5) is 26.4. The number of aryl methyl sites for hydroxylation is 1. The van der Waals surface area contributed by atoms with Crippen LogP contribution in [0.15, 0.2) is 11.0 Å². The molecule has 0 spiro atoms. The van der Waals surface area contributed by atoms with Gasteiger partial charge >= 0.3 is 5.97 Å². The summed E-state index contributed by atoms with van der Waals surface area (Å²) >= 11 is 6.73. The van der Waals surface area contributed by atoms with E-state index in [0.717, 1.165) is 32.4 Å². The zero-order chi connectivity index (χ0) is 20.9. The topological polar surface area (TPSA) is 74.6 Å². The fourth-order valence-electron chi connectivity index (χ4n) is 4.32. The number of nitrogens with zero attached hydrogens (tertiary/aromatic N) is 2. The van der Waals surface area contributed by atoms with Crippen molar-refractivity contribution >= 4 is 34.2 Å². The first-order chi connectivity index (χ1) is 13.8. The lowest BCUT2D eigenvalue weighted by Gasteiger charge is -2.25. The Morgan fingerprint density at radius 1 is 1.38 bits per heavy atom. The molecule has 1 aromatic heterocycles. The van der Waals surface area contributed by atoms with E-state index in [0.29, 0.717) is 30.2 Å². The number of hydrogen-bond donors (Lipinski definition) is 2. The maximum Gasteiger partial charge on any atom is 0.341 e. The van der Waals surface area contributed by atoms with Crippen LogP contribution < -0.4 is 15.6 Å². The van der Waals surface area contributed by atoms with Crippen LogP contribution in [0.1, 0.15) is 48.1 Å². The summed E-state index contributed by atoms with van der Waals surface area (Å²) in [5.41, 5.74) is -0.0824. The van der Waals surface area contributed by atoms with E-state index in [-0.39, 0.29) is 27.6 Å². The minimum atomic E-state index is -1.31. The molecule has 1 unspecified atom stereocenters. The average Bonchev–Trinajstić information content (AvgIpc) is 3.43. The van der Waals surface area contributed by atoms with Gasteiger partial charge < -0.3 is 19.9 Å². The molecule has 1 saturated carbocycles. The molecule has 2 aliphatic rings. The van der Waals surface area contributed by atoms with Gasteiger partial charge in [-0.1, -0.05) is 18.5 Å². The lowest BCUT2D eigenvalue weighted by Crippen LogP contribution is -2.27. The number of carboxylic acids is 1. The Labute approximate surface area is 173 Å². The first kappa shape index (κ1) is 20.2. The molecule has 0 amide bonds. The van der Waals surface area contributed by atoms with Crippen LogP contribution in [0.3, 0.4) is 0 Å². The standard InChI is InChI=1S/C21H25ClFN3O3/c1-3-24-8-12-6-7-25(9-12)19-16(22)18-15(11(2)17(19)23)20(27)14(21(28)29)10-26(18)13-4-5-13/h10,12-13,24H,3-9H2,1-2H3,(H,28,29). The summed E-state index contributed by atoms with van der Waals surface area (Å²) < 4.78 is 17.2. The number of nitrogens with one attached hydrogen (secondary N) is 1. The molecule has 1 atom stereocenters. The van der Waals surface area contributed by atoms with E-state index in [1.54, 1.807) is 4.57 Å². The second kappa shape index (κ2) is 7.61. The Morgan fingerprint density at radius 3 is 2.72 bits per heavy atom. The quantitative estimate of drug-likeness (QED) is 0.745. The van der Waals surface area contributed by atoms with Gasteiger partial charge in [0.25, 0.3) is 0 Å². The number of benzene rings is 1. The van der Waals surface area contributed by atoms with Crippen LogP contribution in [-0.2, 0) is 0 Å². The molecule has 4 rings (SSSR count). The van der Waals surface area contributed by atoms with Gasteiger partial charge in [-0.2, -0.15) is 0 Å². The summed E-state index contributed by atoms with van der Waals surface area (Å²) in [5, 5.41) is 13.1. The third-order valence-corrected chi connectivity index (χ3v) is 6.38. The highest BCUT2D eigenvalue weighted by molar-refractivity contribution is 6.38. The number of carbonyl (C=O) groups is 1. The zero-order valence-corrected chi connectivity index (χ0v) is 17.4. The lowest BCUT2D eigenvalue weighted by atomic mass is 10.0. The van der Waals surface area contributed by atoms with Gasteiger partial charge in [-0.15, -0.1) is 0 Å². The predicted molar refractivity (Wildman–Crippen MR) is 112 cm³/mol. The Bertz CT molecular complexity index is 1050. The van der Waals surface area contributed by atoms with E-state index in [1.165, 1.54) is 13.1 Å². The first-order valence-electron chi connectivity index (χ1n) is 10.1. The molecule has 8 heteroatoms. The van der Waals surface area contributed by atoms with Gasteiger partial charge in [0.2, 0.25) is 5.43 Å². The number of carboxylic acid groups (broad SMARTS) is 1. The highest BCUT2D eigenvalue weighted by atomic mass is 35.5. The maximum absolute atomic E-state index is 15.4. The van der Waals surface area contributed by atoms with E-state index in [9.17, 15) is 14.7 Å².